The fourth-order valence-electron chi connectivity index (χ4n) is 2.68. The average molecular weight is 450 g/mol. The number of nitrogens with one attached hydrogen (secondary N) is 1. The van der Waals surface area contributed by atoms with E-state index in [1.54, 1.807) is 24.4 Å². The van der Waals surface area contributed by atoms with Gasteiger partial charge in [0.1, 0.15) is 18.2 Å². The standard InChI is InChI=1S/C20H21BrFN3O3/c21-18-11-15(12-23-24-20(26)13-25-6-8-27-9-7-25)4-5-19(18)28-14-16-2-1-3-17(22)10-16/h1-5,10-12H,6-9,13-14H2,(H,24,26)/b23-12+. The number of benzene rings is 2. The van der Waals surface area contributed by atoms with Crippen LogP contribution in [0.5, 0.6) is 5.75 Å². The molecule has 2 aromatic rings. The van der Waals surface area contributed by atoms with E-state index in [0.717, 1.165) is 28.7 Å². The highest BCUT2D eigenvalue weighted by Crippen LogP contribution is 2.26. The van der Waals surface area contributed by atoms with Gasteiger partial charge in [-0.2, -0.15) is 5.10 Å². The molecule has 1 aliphatic rings. The summed E-state index contributed by atoms with van der Waals surface area (Å²) in [6.07, 6.45) is 1.57. The first-order chi connectivity index (χ1) is 13.6. The third-order valence-corrected chi connectivity index (χ3v) is 4.73. The molecule has 148 valence electrons. The van der Waals surface area contributed by atoms with Crippen LogP contribution in [0.1, 0.15) is 11.1 Å². The van der Waals surface area contributed by atoms with Gasteiger partial charge in [0, 0.05) is 13.1 Å². The van der Waals surface area contributed by atoms with Crippen molar-refractivity contribution < 1.29 is 18.7 Å². The van der Waals surface area contributed by atoms with E-state index in [1.165, 1.54) is 12.1 Å². The Balaban J connectivity index is 1.49. The number of hydrogen-bond acceptors (Lipinski definition) is 5. The number of nitrogens with zero attached hydrogens (tertiary/aromatic N) is 2. The molecule has 0 bridgehead atoms. The molecule has 0 atom stereocenters. The molecule has 28 heavy (non-hydrogen) atoms. The van der Waals surface area contributed by atoms with Crippen molar-refractivity contribution in [3.05, 3.63) is 63.9 Å². The normalized spacial score (nSPS) is 14.9. The molecule has 1 saturated heterocycles. The lowest BCUT2D eigenvalue weighted by molar-refractivity contribution is -0.123. The van der Waals surface area contributed by atoms with Crippen LogP contribution in [0.4, 0.5) is 4.39 Å². The van der Waals surface area contributed by atoms with Crippen molar-refractivity contribution in [1.29, 1.82) is 0 Å². The van der Waals surface area contributed by atoms with Gasteiger partial charge in [0.15, 0.2) is 0 Å². The van der Waals surface area contributed by atoms with Crippen molar-refractivity contribution >= 4 is 28.1 Å². The van der Waals surface area contributed by atoms with Crippen LogP contribution in [0, 0.1) is 5.82 Å². The van der Waals surface area contributed by atoms with Crippen LogP contribution in [-0.4, -0.2) is 49.9 Å². The van der Waals surface area contributed by atoms with Crippen LogP contribution < -0.4 is 10.2 Å². The minimum Gasteiger partial charge on any atom is -0.488 e. The molecular formula is C20H21BrFN3O3. The Bertz CT molecular complexity index is 841. The van der Waals surface area contributed by atoms with Gasteiger partial charge in [-0.3, -0.25) is 9.69 Å². The number of morpholine rings is 1. The van der Waals surface area contributed by atoms with Crippen LogP contribution >= 0.6 is 15.9 Å². The third kappa shape index (κ3) is 6.40. The molecule has 2 aromatic carbocycles. The van der Waals surface area contributed by atoms with E-state index in [-0.39, 0.29) is 18.3 Å². The maximum Gasteiger partial charge on any atom is 0.254 e. The largest absolute Gasteiger partial charge is 0.488 e. The summed E-state index contributed by atoms with van der Waals surface area (Å²) in [5.41, 5.74) is 4.08. The van der Waals surface area contributed by atoms with Crippen molar-refractivity contribution in [2.75, 3.05) is 32.8 Å². The second kappa shape index (κ2) is 10.3. The first kappa shape index (κ1) is 20.4. The second-order valence-electron chi connectivity index (χ2n) is 6.29. The fraction of sp³-hybridized carbons (Fsp3) is 0.300. The molecule has 0 radical (unpaired) electrons. The molecule has 1 fully saturated rings. The quantitative estimate of drug-likeness (QED) is 0.521. The monoisotopic (exact) mass is 449 g/mol. The van der Waals surface area contributed by atoms with Crippen LogP contribution in [0.25, 0.3) is 0 Å². The van der Waals surface area contributed by atoms with Crippen molar-refractivity contribution in [3.8, 4) is 5.75 Å². The van der Waals surface area contributed by atoms with Crippen LogP contribution in [0.15, 0.2) is 52.0 Å². The Kier molecular flexibility index (Phi) is 7.53. The van der Waals surface area contributed by atoms with Crippen molar-refractivity contribution in [1.82, 2.24) is 10.3 Å². The number of hydrogen-bond donors (Lipinski definition) is 1. The van der Waals surface area contributed by atoms with Gasteiger partial charge in [0.25, 0.3) is 5.91 Å². The first-order valence-electron chi connectivity index (χ1n) is 8.89. The van der Waals surface area contributed by atoms with Crippen molar-refractivity contribution in [3.63, 3.8) is 0 Å². The van der Waals surface area contributed by atoms with E-state index in [2.05, 4.69) is 26.5 Å². The molecule has 0 aliphatic carbocycles. The van der Waals surface area contributed by atoms with Gasteiger partial charge in [-0.15, -0.1) is 0 Å². The summed E-state index contributed by atoms with van der Waals surface area (Å²) in [6, 6.07) is 11.7. The Morgan fingerprint density at radius 2 is 2.11 bits per heavy atom. The van der Waals surface area contributed by atoms with Gasteiger partial charge in [0.2, 0.25) is 0 Å². The van der Waals surface area contributed by atoms with E-state index in [0.29, 0.717) is 25.5 Å². The molecule has 1 N–H and O–H groups in total. The molecule has 0 unspecified atom stereocenters. The average Bonchev–Trinajstić information content (AvgIpc) is 2.68. The van der Waals surface area contributed by atoms with Gasteiger partial charge < -0.3 is 9.47 Å². The van der Waals surface area contributed by atoms with Gasteiger partial charge in [-0.1, -0.05) is 12.1 Å². The molecule has 0 spiro atoms. The Hall–Kier alpha value is -2.29. The van der Waals surface area contributed by atoms with E-state index in [1.807, 2.05) is 17.0 Å². The Labute approximate surface area is 171 Å². The predicted octanol–water partition coefficient (Wildman–Crippen LogP) is 2.95. The molecule has 8 heteroatoms. The maximum atomic E-state index is 13.2. The van der Waals surface area contributed by atoms with Crippen LogP contribution in [0.2, 0.25) is 0 Å². The van der Waals surface area contributed by atoms with Crippen molar-refractivity contribution in [2.24, 2.45) is 5.10 Å². The molecule has 0 saturated carbocycles. The maximum absolute atomic E-state index is 13.2. The zero-order valence-corrected chi connectivity index (χ0v) is 16.8. The topological polar surface area (TPSA) is 63.2 Å². The number of halogens is 2. The van der Waals surface area contributed by atoms with E-state index in [9.17, 15) is 9.18 Å². The highest BCUT2D eigenvalue weighted by Gasteiger charge is 2.13. The molecule has 1 amide bonds. The minimum absolute atomic E-state index is 0.160. The number of rotatable bonds is 7. The van der Waals surface area contributed by atoms with Gasteiger partial charge >= 0.3 is 0 Å². The number of ether oxygens (including phenoxy) is 2. The zero-order chi connectivity index (χ0) is 19.8. The zero-order valence-electron chi connectivity index (χ0n) is 15.2. The summed E-state index contributed by atoms with van der Waals surface area (Å²) >= 11 is 3.46. The smallest absolute Gasteiger partial charge is 0.254 e. The minimum atomic E-state index is -0.289. The Morgan fingerprint density at radius 3 is 2.86 bits per heavy atom. The number of carbonyl (C=O) groups is 1. The van der Waals surface area contributed by atoms with Crippen molar-refractivity contribution in [2.45, 2.75) is 6.61 Å². The summed E-state index contributed by atoms with van der Waals surface area (Å²) in [6.45, 7) is 3.37. The first-order valence-corrected chi connectivity index (χ1v) is 9.68. The molecular weight excluding hydrogens is 429 g/mol. The molecule has 1 heterocycles. The third-order valence-electron chi connectivity index (χ3n) is 4.11. The lowest BCUT2D eigenvalue weighted by Gasteiger charge is -2.25. The van der Waals surface area contributed by atoms with E-state index >= 15 is 0 Å². The van der Waals surface area contributed by atoms with E-state index < -0.39 is 0 Å². The van der Waals surface area contributed by atoms with E-state index in [4.69, 9.17) is 9.47 Å². The highest BCUT2D eigenvalue weighted by atomic mass is 79.9. The number of amides is 1. The number of carbonyl (C=O) groups excluding carboxylic acids is 1. The summed E-state index contributed by atoms with van der Waals surface area (Å²) in [5.74, 6) is 0.187. The highest BCUT2D eigenvalue weighted by molar-refractivity contribution is 9.10. The SMILES string of the molecule is O=C(CN1CCOCC1)N/N=C/c1ccc(OCc2cccc(F)c2)c(Br)c1. The predicted molar refractivity (Wildman–Crippen MR) is 108 cm³/mol. The summed E-state index contributed by atoms with van der Waals surface area (Å²) in [7, 11) is 0. The summed E-state index contributed by atoms with van der Waals surface area (Å²) < 4.78 is 24.9. The molecule has 1 aliphatic heterocycles. The molecule has 0 aromatic heterocycles. The molecule has 6 nitrogen and oxygen atoms in total. The summed E-state index contributed by atoms with van der Waals surface area (Å²) in [4.78, 5) is 13.9. The van der Waals surface area contributed by atoms with Crippen LogP contribution in [0.3, 0.4) is 0 Å². The summed E-state index contributed by atoms with van der Waals surface area (Å²) in [5, 5.41) is 4.00. The Morgan fingerprint density at radius 1 is 1.29 bits per heavy atom. The lowest BCUT2D eigenvalue weighted by atomic mass is 10.2. The lowest BCUT2D eigenvalue weighted by Crippen LogP contribution is -2.42. The second-order valence-corrected chi connectivity index (χ2v) is 7.14. The molecule has 3 rings (SSSR count). The van der Waals surface area contributed by atoms with Gasteiger partial charge in [0.05, 0.1) is 30.4 Å². The van der Waals surface area contributed by atoms with Gasteiger partial charge in [-0.05, 0) is 57.4 Å². The van der Waals surface area contributed by atoms with Gasteiger partial charge in [-0.25, -0.2) is 9.82 Å². The number of hydrazone groups is 1. The van der Waals surface area contributed by atoms with Crippen LogP contribution in [-0.2, 0) is 16.1 Å². The fourth-order valence-corrected chi connectivity index (χ4v) is 3.19.